The number of para-hydroxylation sites is 1. The van der Waals surface area contributed by atoms with Gasteiger partial charge in [0.1, 0.15) is 11.5 Å². The first-order valence-corrected chi connectivity index (χ1v) is 10.2. The summed E-state index contributed by atoms with van der Waals surface area (Å²) in [4.78, 5) is 18.6. The number of piperidine rings is 1. The minimum Gasteiger partial charge on any atom is -0.497 e. The van der Waals surface area contributed by atoms with Crippen molar-refractivity contribution in [3.05, 3.63) is 58.6 Å². The van der Waals surface area contributed by atoms with E-state index in [1.165, 1.54) is 0 Å². The molecule has 1 amide bonds. The van der Waals surface area contributed by atoms with E-state index in [1.807, 2.05) is 42.5 Å². The van der Waals surface area contributed by atoms with Crippen molar-refractivity contribution in [1.82, 2.24) is 5.32 Å². The predicted octanol–water partition coefficient (Wildman–Crippen LogP) is 3.93. The zero-order valence-corrected chi connectivity index (χ0v) is 17.6. The molecule has 8 heteroatoms. The fourth-order valence-electron chi connectivity index (χ4n) is 3.65. The standard InChI is InChI=1S/C21H22BrN3O4/c1-27-15-6-4-5-14(13-15)18-19(21(29-25-18)9-11-23-12-10-21)28-20(26)24-17-8-3-2-7-16(17)22/h2-8,13,19,23H,9-12H2,1H3,(H,24,26). The molecule has 1 saturated heterocycles. The Hall–Kier alpha value is -2.58. The van der Waals surface area contributed by atoms with Gasteiger partial charge < -0.3 is 19.6 Å². The van der Waals surface area contributed by atoms with E-state index in [1.54, 1.807) is 13.2 Å². The second-order valence-electron chi connectivity index (χ2n) is 7.00. The van der Waals surface area contributed by atoms with Crippen LogP contribution in [0.3, 0.4) is 0 Å². The third-order valence-corrected chi connectivity index (χ3v) is 5.89. The number of ether oxygens (including phenoxy) is 2. The monoisotopic (exact) mass is 459 g/mol. The maximum atomic E-state index is 12.7. The second-order valence-corrected chi connectivity index (χ2v) is 7.86. The summed E-state index contributed by atoms with van der Waals surface area (Å²) in [6.07, 6.45) is 0.202. The molecule has 1 fully saturated rings. The van der Waals surface area contributed by atoms with Crippen LogP contribution < -0.4 is 15.4 Å². The van der Waals surface area contributed by atoms with Gasteiger partial charge in [-0.25, -0.2) is 4.79 Å². The number of amides is 1. The van der Waals surface area contributed by atoms with E-state index in [9.17, 15) is 4.79 Å². The Morgan fingerprint density at radius 1 is 1.24 bits per heavy atom. The molecular weight excluding hydrogens is 438 g/mol. The van der Waals surface area contributed by atoms with Crippen LogP contribution in [0.5, 0.6) is 5.75 Å². The van der Waals surface area contributed by atoms with E-state index in [2.05, 4.69) is 31.7 Å². The molecule has 0 aromatic heterocycles. The molecule has 1 spiro atoms. The average molecular weight is 460 g/mol. The van der Waals surface area contributed by atoms with Crippen LogP contribution >= 0.6 is 15.9 Å². The van der Waals surface area contributed by atoms with Crippen LogP contribution in [0.1, 0.15) is 18.4 Å². The molecule has 2 aromatic rings. The Bertz CT molecular complexity index is 928. The highest BCUT2D eigenvalue weighted by molar-refractivity contribution is 9.10. The maximum absolute atomic E-state index is 12.7. The van der Waals surface area contributed by atoms with Crippen molar-refractivity contribution < 1.29 is 19.1 Å². The third-order valence-electron chi connectivity index (χ3n) is 5.20. The molecule has 2 aliphatic heterocycles. The molecule has 1 unspecified atom stereocenters. The Labute approximate surface area is 177 Å². The molecule has 0 saturated carbocycles. The molecule has 0 aliphatic carbocycles. The van der Waals surface area contributed by atoms with Crippen LogP contribution in [-0.2, 0) is 9.57 Å². The Kier molecular flexibility index (Phi) is 5.73. The number of carbonyl (C=O) groups is 1. The summed E-state index contributed by atoms with van der Waals surface area (Å²) in [6, 6.07) is 14.9. The lowest BCUT2D eigenvalue weighted by Gasteiger charge is -2.35. The normalized spacial score (nSPS) is 19.9. The molecule has 2 aliphatic rings. The van der Waals surface area contributed by atoms with E-state index < -0.39 is 17.8 Å². The van der Waals surface area contributed by atoms with E-state index in [0.29, 0.717) is 30.0 Å². The van der Waals surface area contributed by atoms with Crippen LogP contribution in [-0.4, -0.2) is 43.7 Å². The zero-order chi connectivity index (χ0) is 20.3. The van der Waals surface area contributed by atoms with Crippen molar-refractivity contribution in [3.8, 4) is 5.75 Å². The molecule has 7 nitrogen and oxygen atoms in total. The summed E-state index contributed by atoms with van der Waals surface area (Å²) < 4.78 is 12.0. The Morgan fingerprint density at radius 2 is 2.03 bits per heavy atom. The van der Waals surface area contributed by atoms with Gasteiger partial charge in [0, 0.05) is 22.9 Å². The second kappa shape index (κ2) is 8.42. The maximum Gasteiger partial charge on any atom is 0.412 e. The van der Waals surface area contributed by atoms with E-state index in [0.717, 1.165) is 23.1 Å². The molecule has 0 radical (unpaired) electrons. The fourth-order valence-corrected chi connectivity index (χ4v) is 4.03. The minimum absolute atomic E-state index is 0.555. The lowest BCUT2D eigenvalue weighted by molar-refractivity contribution is -0.0936. The number of hydrogen-bond donors (Lipinski definition) is 2. The number of anilines is 1. The number of hydrogen-bond acceptors (Lipinski definition) is 6. The van der Waals surface area contributed by atoms with Crippen LogP contribution in [0.4, 0.5) is 10.5 Å². The van der Waals surface area contributed by atoms with Crippen molar-refractivity contribution in [2.24, 2.45) is 5.16 Å². The fraction of sp³-hybridized carbons (Fsp3) is 0.333. The van der Waals surface area contributed by atoms with E-state index in [-0.39, 0.29) is 0 Å². The molecule has 2 aromatic carbocycles. The van der Waals surface area contributed by atoms with Crippen LogP contribution in [0.2, 0.25) is 0 Å². The van der Waals surface area contributed by atoms with E-state index >= 15 is 0 Å². The molecular formula is C21H22BrN3O4. The first-order chi connectivity index (χ1) is 14.1. The van der Waals surface area contributed by atoms with Gasteiger partial charge in [-0.3, -0.25) is 5.32 Å². The lowest BCUT2D eigenvalue weighted by Crippen LogP contribution is -2.53. The van der Waals surface area contributed by atoms with Gasteiger partial charge in [-0.2, -0.15) is 0 Å². The van der Waals surface area contributed by atoms with Gasteiger partial charge in [-0.1, -0.05) is 29.4 Å². The zero-order valence-electron chi connectivity index (χ0n) is 16.0. The van der Waals surface area contributed by atoms with E-state index in [4.69, 9.17) is 14.3 Å². The lowest BCUT2D eigenvalue weighted by atomic mass is 9.83. The van der Waals surface area contributed by atoms with Gasteiger partial charge in [0.15, 0.2) is 11.7 Å². The molecule has 2 heterocycles. The molecule has 29 heavy (non-hydrogen) atoms. The van der Waals surface area contributed by atoms with Crippen LogP contribution in [0, 0.1) is 0 Å². The third kappa shape index (κ3) is 4.09. The summed E-state index contributed by atoms with van der Waals surface area (Å²) in [5.74, 6) is 0.702. The van der Waals surface area contributed by atoms with Gasteiger partial charge in [0.05, 0.1) is 12.8 Å². The first-order valence-electron chi connectivity index (χ1n) is 9.45. The Morgan fingerprint density at radius 3 is 2.79 bits per heavy atom. The van der Waals surface area contributed by atoms with Gasteiger partial charge in [0.25, 0.3) is 0 Å². The highest BCUT2D eigenvalue weighted by Crippen LogP contribution is 2.37. The first kappa shape index (κ1) is 19.7. The Balaban J connectivity index is 1.60. The number of benzene rings is 2. The number of nitrogens with one attached hydrogen (secondary N) is 2. The largest absolute Gasteiger partial charge is 0.497 e. The predicted molar refractivity (Wildman–Crippen MR) is 113 cm³/mol. The average Bonchev–Trinajstić information content (AvgIpc) is 3.07. The highest BCUT2D eigenvalue weighted by Gasteiger charge is 2.52. The highest BCUT2D eigenvalue weighted by atomic mass is 79.9. The summed E-state index contributed by atoms with van der Waals surface area (Å²) in [5.41, 5.74) is 1.36. The molecule has 152 valence electrons. The number of oxime groups is 1. The summed E-state index contributed by atoms with van der Waals surface area (Å²) in [6.45, 7) is 1.54. The van der Waals surface area contributed by atoms with Crippen molar-refractivity contribution in [1.29, 1.82) is 0 Å². The summed E-state index contributed by atoms with van der Waals surface area (Å²) in [5, 5.41) is 10.4. The molecule has 0 bridgehead atoms. The topological polar surface area (TPSA) is 81.2 Å². The quantitative estimate of drug-likeness (QED) is 0.723. The van der Waals surface area contributed by atoms with Gasteiger partial charge in [-0.05, 0) is 53.3 Å². The minimum atomic E-state index is -0.672. The summed E-state index contributed by atoms with van der Waals surface area (Å²) in [7, 11) is 1.61. The van der Waals surface area contributed by atoms with Gasteiger partial charge in [-0.15, -0.1) is 0 Å². The van der Waals surface area contributed by atoms with Crippen molar-refractivity contribution in [3.63, 3.8) is 0 Å². The summed E-state index contributed by atoms with van der Waals surface area (Å²) >= 11 is 3.43. The SMILES string of the molecule is COc1cccc(C2=NOC3(CCNCC3)C2OC(=O)Nc2ccccc2Br)c1. The van der Waals surface area contributed by atoms with Gasteiger partial charge >= 0.3 is 6.09 Å². The number of nitrogens with zero attached hydrogens (tertiary/aromatic N) is 1. The number of methoxy groups -OCH3 is 1. The van der Waals surface area contributed by atoms with Crippen LogP contribution in [0.25, 0.3) is 0 Å². The molecule has 1 atom stereocenters. The number of carbonyl (C=O) groups excluding carboxylic acids is 1. The van der Waals surface area contributed by atoms with Crippen LogP contribution in [0.15, 0.2) is 58.2 Å². The van der Waals surface area contributed by atoms with Gasteiger partial charge in [0.2, 0.25) is 0 Å². The molecule has 2 N–H and O–H groups in total. The number of halogens is 1. The van der Waals surface area contributed by atoms with Crippen molar-refractivity contribution in [2.75, 3.05) is 25.5 Å². The number of rotatable bonds is 4. The smallest absolute Gasteiger partial charge is 0.412 e. The van der Waals surface area contributed by atoms with Crippen molar-refractivity contribution >= 4 is 33.4 Å². The molecule has 4 rings (SSSR count). The van der Waals surface area contributed by atoms with Crippen molar-refractivity contribution in [2.45, 2.75) is 24.5 Å².